The standard InChI is InChI=1S/C12H22N2O/c1-5-12(6-2)9(4)8-10(13)14-11(12)15-7-3/h8-9H,5-7,13H2,1-4H3. The smallest absolute Gasteiger partial charge is 0.196 e. The third kappa shape index (κ3) is 2.01. The fourth-order valence-electron chi connectivity index (χ4n) is 2.39. The van der Waals surface area contributed by atoms with Gasteiger partial charge in [-0.25, -0.2) is 4.99 Å². The van der Waals surface area contributed by atoms with E-state index in [2.05, 4.69) is 25.8 Å². The maximum atomic E-state index is 5.77. The van der Waals surface area contributed by atoms with Crippen LogP contribution in [0.25, 0.3) is 0 Å². The SMILES string of the molecule is CCOC1=NC(N)=CC(C)C1(CC)CC. The lowest BCUT2D eigenvalue weighted by Crippen LogP contribution is -2.40. The van der Waals surface area contributed by atoms with Crippen LogP contribution in [0.15, 0.2) is 16.9 Å². The van der Waals surface area contributed by atoms with Crippen LogP contribution in [0.3, 0.4) is 0 Å². The minimum Gasteiger partial charge on any atom is -0.481 e. The van der Waals surface area contributed by atoms with E-state index < -0.39 is 0 Å². The second kappa shape index (κ2) is 4.69. The number of hydrogen-bond donors (Lipinski definition) is 1. The van der Waals surface area contributed by atoms with Crippen molar-refractivity contribution in [2.24, 2.45) is 22.1 Å². The Kier molecular flexibility index (Phi) is 3.77. The van der Waals surface area contributed by atoms with Crippen molar-refractivity contribution in [1.29, 1.82) is 0 Å². The van der Waals surface area contributed by atoms with Crippen LogP contribution in [0.5, 0.6) is 0 Å². The van der Waals surface area contributed by atoms with Gasteiger partial charge in [-0.05, 0) is 31.8 Å². The summed E-state index contributed by atoms with van der Waals surface area (Å²) in [4.78, 5) is 4.35. The molecular formula is C12H22N2O. The van der Waals surface area contributed by atoms with E-state index in [4.69, 9.17) is 10.5 Å². The normalized spacial score (nSPS) is 24.4. The zero-order chi connectivity index (χ0) is 11.5. The molecule has 0 bridgehead atoms. The monoisotopic (exact) mass is 210 g/mol. The fourth-order valence-corrected chi connectivity index (χ4v) is 2.39. The first-order valence-electron chi connectivity index (χ1n) is 5.80. The van der Waals surface area contributed by atoms with Crippen LogP contribution in [0.4, 0.5) is 0 Å². The van der Waals surface area contributed by atoms with Crippen molar-refractivity contribution in [2.45, 2.75) is 40.5 Å². The molecule has 0 fully saturated rings. The molecule has 0 saturated heterocycles. The lowest BCUT2D eigenvalue weighted by Gasteiger charge is -2.38. The number of nitrogens with two attached hydrogens (primary N) is 1. The van der Waals surface area contributed by atoms with Crippen molar-refractivity contribution >= 4 is 5.90 Å². The first-order chi connectivity index (χ1) is 7.10. The van der Waals surface area contributed by atoms with Gasteiger partial charge < -0.3 is 10.5 Å². The lowest BCUT2D eigenvalue weighted by molar-refractivity contribution is 0.200. The number of ether oxygens (including phenoxy) is 1. The molecule has 0 radical (unpaired) electrons. The maximum Gasteiger partial charge on any atom is 0.196 e. The summed E-state index contributed by atoms with van der Waals surface area (Å²) in [5.74, 6) is 1.80. The van der Waals surface area contributed by atoms with Crippen LogP contribution >= 0.6 is 0 Å². The largest absolute Gasteiger partial charge is 0.481 e. The molecular weight excluding hydrogens is 188 g/mol. The Morgan fingerprint density at radius 2 is 2.00 bits per heavy atom. The van der Waals surface area contributed by atoms with Crippen molar-refractivity contribution in [3.63, 3.8) is 0 Å². The molecule has 1 aliphatic rings. The summed E-state index contributed by atoms with van der Waals surface area (Å²) in [7, 11) is 0. The number of hydrogen-bond acceptors (Lipinski definition) is 3. The summed E-state index contributed by atoms with van der Waals surface area (Å²) >= 11 is 0. The second-order valence-electron chi connectivity index (χ2n) is 4.09. The van der Waals surface area contributed by atoms with Crippen LogP contribution in [0.1, 0.15) is 40.5 Å². The van der Waals surface area contributed by atoms with Gasteiger partial charge in [0.15, 0.2) is 5.90 Å². The molecule has 0 saturated carbocycles. The highest BCUT2D eigenvalue weighted by atomic mass is 16.5. The third-order valence-corrected chi connectivity index (χ3v) is 3.49. The van der Waals surface area contributed by atoms with Gasteiger partial charge in [-0.1, -0.05) is 20.8 Å². The van der Waals surface area contributed by atoms with Gasteiger partial charge in [-0.2, -0.15) is 0 Å². The summed E-state index contributed by atoms with van der Waals surface area (Å²) in [5.41, 5.74) is 5.81. The molecule has 2 N–H and O–H groups in total. The van der Waals surface area contributed by atoms with Crippen molar-refractivity contribution < 1.29 is 4.74 Å². The Morgan fingerprint density at radius 3 is 2.47 bits per heavy atom. The molecule has 0 aliphatic carbocycles. The first-order valence-corrected chi connectivity index (χ1v) is 5.80. The molecule has 1 heterocycles. The molecule has 3 nitrogen and oxygen atoms in total. The van der Waals surface area contributed by atoms with Crippen LogP contribution in [0, 0.1) is 11.3 Å². The average molecular weight is 210 g/mol. The third-order valence-electron chi connectivity index (χ3n) is 3.49. The lowest BCUT2D eigenvalue weighted by atomic mass is 9.70. The molecule has 1 aliphatic heterocycles. The number of nitrogens with zero attached hydrogens (tertiary/aromatic N) is 1. The summed E-state index contributed by atoms with van der Waals surface area (Å²) in [6.07, 6.45) is 4.11. The average Bonchev–Trinajstić information content (AvgIpc) is 2.19. The summed E-state index contributed by atoms with van der Waals surface area (Å²) in [6.45, 7) is 9.19. The van der Waals surface area contributed by atoms with Gasteiger partial charge in [-0.15, -0.1) is 0 Å². The van der Waals surface area contributed by atoms with Gasteiger partial charge >= 0.3 is 0 Å². The molecule has 0 spiro atoms. The minimum absolute atomic E-state index is 0.0406. The zero-order valence-corrected chi connectivity index (χ0v) is 10.2. The van der Waals surface area contributed by atoms with Gasteiger partial charge in [0, 0.05) is 0 Å². The second-order valence-corrected chi connectivity index (χ2v) is 4.09. The van der Waals surface area contributed by atoms with Crippen LogP contribution in [-0.2, 0) is 4.74 Å². The molecule has 86 valence electrons. The number of allylic oxidation sites excluding steroid dienone is 1. The highest BCUT2D eigenvalue weighted by molar-refractivity contribution is 5.85. The summed E-state index contributed by atoms with van der Waals surface area (Å²) in [6, 6.07) is 0. The van der Waals surface area contributed by atoms with E-state index in [0.29, 0.717) is 18.3 Å². The predicted molar refractivity (Wildman–Crippen MR) is 63.5 cm³/mol. The Bertz CT molecular complexity index is 277. The van der Waals surface area contributed by atoms with Crippen molar-refractivity contribution in [3.8, 4) is 0 Å². The Balaban J connectivity index is 3.07. The number of aliphatic imine (C=N–C) groups is 1. The van der Waals surface area contributed by atoms with Gasteiger partial charge in [0.1, 0.15) is 5.82 Å². The molecule has 0 aromatic heterocycles. The summed E-state index contributed by atoms with van der Waals surface area (Å²) < 4.78 is 5.65. The molecule has 0 aromatic carbocycles. The molecule has 1 atom stereocenters. The van der Waals surface area contributed by atoms with E-state index >= 15 is 0 Å². The van der Waals surface area contributed by atoms with Crippen molar-refractivity contribution in [3.05, 3.63) is 11.9 Å². The first kappa shape index (κ1) is 12.1. The zero-order valence-electron chi connectivity index (χ0n) is 10.2. The molecule has 0 aromatic rings. The van der Waals surface area contributed by atoms with Gasteiger partial charge in [0.2, 0.25) is 0 Å². The van der Waals surface area contributed by atoms with E-state index in [-0.39, 0.29) is 5.41 Å². The quantitative estimate of drug-likeness (QED) is 0.778. The van der Waals surface area contributed by atoms with Crippen molar-refractivity contribution in [1.82, 2.24) is 0 Å². The highest BCUT2D eigenvalue weighted by Gasteiger charge is 2.41. The van der Waals surface area contributed by atoms with E-state index in [1.165, 1.54) is 0 Å². The van der Waals surface area contributed by atoms with Crippen LogP contribution in [0.2, 0.25) is 0 Å². The van der Waals surface area contributed by atoms with Gasteiger partial charge in [-0.3, -0.25) is 0 Å². The van der Waals surface area contributed by atoms with Crippen LogP contribution in [-0.4, -0.2) is 12.5 Å². The van der Waals surface area contributed by atoms with Crippen LogP contribution < -0.4 is 5.73 Å². The van der Waals surface area contributed by atoms with Gasteiger partial charge in [0.05, 0.1) is 12.0 Å². The summed E-state index contributed by atoms with van der Waals surface area (Å²) in [5, 5.41) is 0. The topological polar surface area (TPSA) is 47.6 Å². The van der Waals surface area contributed by atoms with Crippen molar-refractivity contribution in [2.75, 3.05) is 6.61 Å². The molecule has 15 heavy (non-hydrogen) atoms. The molecule has 1 unspecified atom stereocenters. The van der Waals surface area contributed by atoms with E-state index in [0.717, 1.165) is 18.7 Å². The molecule has 3 heteroatoms. The number of rotatable bonds is 3. The Labute approximate surface area is 92.4 Å². The van der Waals surface area contributed by atoms with Gasteiger partial charge in [0.25, 0.3) is 0 Å². The fraction of sp³-hybridized carbons (Fsp3) is 0.750. The van der Waals surface area contributed by atoms with E-state index in [1.54, 1.807) is 0 Å². The maximum absolute atomic E-state index is 5.77. The van der Waals surface area contributed by atoms with E-state index in [9.17, 15) is 0 Å². The minimum atomic E-state index is 0.0406. The Morgan fingerprint density at radius 1 is 1.40 bits per heavy atom. The van der Waals surface area contributed by atoms with E-state index in [1.807, 2.05) is 13.0 Å². The Hall–Kier alpha value is -0.990. The highest BCUT2D eigenvalue weighted by Crippen LogP contribution is 2.41. The predicted octanol–water partition coefficient (Wildman–Crippen LogP) is 2.68. The molecule has 0 amide bonds. The molecule has 1 rings (SSSR count).